The van der Waals surface area contributed by atoms with Crippen molar-refractivity contribution < 1.29 is 9.59 Å². The Balaban J connectivity index is 2.39. The predicted octanol–water partition coefficient (Wildman–Crippen LogP) is -0.989. The summed E-state index contributed by atoms with van der Waals surface area (Å²) in [4.78, 5) is 20.8. The maximum atomic E-state index is 10.9. The zero-order valence-corrected chi connectivity index (χ0v) is 5.59. The van der Waals surface area contributed by atoms with Crippen LogP contribution in [0, 0.1) is 0 Å². The number of amides is 2. The van der Waals surface area contributed by atoms with Crippen LogP contribution in [0.5, 0.6) is 0 Å². The molecular weight excluding hydrogens is 132 g/mol. The van der Waals surface area contributed by atoms with Gasteiger partial charge in [0, 0.05) is 6.54 Å². The third-order valence-corrected chi connectivity index (χ3v) is 1.55. The summed E-state index contributed by atoms with van der Waals surface area (Å²) in [5, 5.41) is 5.10. The van der Waals surface area contributed by atoms with E-state index < -0.39 is 0 Å². The molecule has 1 fully saturated rings. The van der Waals surface area contributed by atoms with Crippen LogP contribution in [0.2, 0.25) is 0 Å². The van der Waals surface area contributed by atoms with Gasteiger partial charge < -0.3 is 10.6 Å². The zero-order valence-electron chi connectivity index (χ0n) is 5.59. The van der Waals surface area contributed by atoms with Gasteiger partial charge in [-0.25, -0.2) is 0 Å². The van der Waals surface area contributed by atoms with Crippen molar-refractivity contribution in [3.8, 4) is 0 Å². The van der Waals surface area contributed by atoms with Crippen molar-refractivity contribution in [1.29, 1.82) is 0 Å². The van der Waals surface area contributed by atoms with Crippen LogP contribution in [-0.4, -0.2) is 24.9 Å². The first-order valence-corrected chi connectivity index (χ1v) is 3.32. The Morgan fingerprint density at radius 3 is 3.10 bits per heavy atom. The van der Waals surface area contributed by atoms with E-state index in [4.69, 9.17) is 0 Å². The fraction of sp³-hybridized carbons (Fsp3) is 0.667. The molecule has 10 heavy (non-hydrogen) atoms. The van der Waals surface area contributed by atoms with Crippen molar-refractivity contribution in [2.75, 3.05) is 6.54 Å². The molecule has 0 aromatic carbocycles. The highest BCUT2D eigenvalue weighted by molar-refractivity contribution is 5.84. The maximum Gasteiger partial charge on any atom is 0.242 e. The summed E-state index contributed by atoms with van der Waals surface area (Å²) in [6.45, 7) is 0.732. The molecule has 0 radical (unpaired) electrons. The minimum absolute atomic E-state index is 0.0710. The van der Waals surface area contributed by atoms with Crippen molar-refractivity contribution in [2.24, 2.45) is 0 Å². The standard InChI is InChI=1S/C6H10N2O2/c9-4-8-5-2-1-3-7-6(5)10/h4-5H,1-3H2,(H,7,10)(H,8,9)/t5-/m0/s1. The van der Waals surface area contributed by atoms with Crippen LogP contribution in [0.15, 0.2) is 0 Å². The molecule has 1 aliphatic heterocycles. The number of carbonyl (C=O) groups excluding carboxylic acids is 2. The van der Waals surface area contributed by atoms with Gasteiger partial charge in [-0.15, -0.1) is 0 Å². The molecule has 0 bridgehead atoms. The second-order valence-corrected chi connectivity index (χ2v) is 2.27. The summed E-state index contributed by atoms with van der Waals surface area (Å²) in [6, 6.07) is -0.300. The van der Waals surface area contributed by atoms with Gasteiger partial charge in [0.1, 0.15) is 6.04 Å². The van der Waals surface area contributed by atoms with E-state index in [2.05, 4.69) is 10.6 Å². The van der Waals surface area contributed by atoms with Crippen LogP contribution in [0.25, 0.3) is 0 Å². The molecule has 1 atom stereocenters. The lowest BCUT2D eigenvalue weighted by Crippen LogP contribution is -2.47. The van der Waals surface area contributed by atoms with E-state index in [1.54, 1.807) is 0 Å². The third kappa shape index (κ3) is 1.46. The molecule has 2 N–H and O–H groups in total. The van der Waals surface area contributed by atoms with Crippen LogP contribution in [-0.2, 0) is 9.59 Å². The lowest BCUT2D eigenvalue weighted by molar-refractivity contribution is -0.126. The first kappa shape index (κ1) is 7.05. The van der Waals surface area contributed by atoms with Crippen LogP contribution < -0.4 is 10.6 Å². The molecule has 0 saturated carbocycles. The Morgan fingerprint density at radius 2 is 2.50 bits per heavy atom. The van der Waals surface area contributed by atoms with Gasteiger partial charge in [0.05, 0.1) is 0 Å². The van der Waals surface area contributed by atoms with Crippen molar-refractivity contribution in [1.82, 2.24) is 10.6 Å². The van der Waals surface area contributed by atoms with Crippen molar-refractivity contribution in [2.45, 2.75) is 18.9 Å². The number of hydrogen-bond donors (Lipinski definition) is 2. The van der Waals surface area contributed by atoms with Crippen molar-refractivity contribution >= 4 is 12.3 Å². The molecule has 0 unspecified atom stereocenters. The lowest BCUT2D eigenvalue weighted by atomic mass is 10.1. The molecule has 0 aliphatic carbocycles. The van der Waals surface area contributed by atoms with E-state index in [-0.39, 0.29) is 11.9 Å². The van der Waals surface area contributed by atoms with Gasteiger partial charge in [0.25, 0.3) is 0 Å². The smallest absolute Gasteiger partial charge is 0.242 e. The second-order valence-electron chi connectivity index (χ2n) is 2.27. The van der Waals surface area contributed by atoms with Gasteiger partial charge in [-0.3, -0.25) is 9.59 Å². The molecule has 0 spiro atoms. The average Bonchev–Trinajstić information content (AvgIpc) is 1.94. The summed E-state index contributed by atoms with van der Waals surface area (Å²) in [5.41, 5.74) is 0. The highest BCUT2D eigenvalue weighted by Crippen LogP contribution is 2.00. The highest BCUT2D eigenvalue weighted by atomic mass is 16.2. The van der Waals surface area contributed by atoms with E-state index >= 15 is 0 Å². The highest BCUT2D eigenvalue weighted by Gasteiger charge is 2.20. The number of carbonyl (C=O) groups is 2. The van der Waals surface area contributed by atoms with Crippen molar-refractivity contribution in [3.63, 3.8) is 0 Å². The second kappa shape index (κ2) is 3.20. The fourth-order valence-corrected chi connectivity index (χ4v) is 1.01. The summed E-state index contributed by atoms with van der Waals surface area (Å²) in [7, 11) is 0. The number of nitrogens with one attached hydrogen (secondary N) is 2. The minimum Gasteiger partial charge on any atom is -0.354 e. The number of hydrogen-bond acceptors (Lipinski definition) is 2. The molecule has 0 aromatic rings. The van der Waals surface area contributed by atoms with Gasteiger partial charge in [-0.2, -0.15) is 0 Å². The maximum absolute atomic E-state index is 10.9. The zero-order chi connectivity index (χ0) is 7.40. The van der Waals surface area contributed by atoms with Crippen molar-refractivity contribution in [3.05, 3.63) is 0 Å². The Labute approximate surface area is 59.0 Å². The lowest BCUT2D eigenvalue weighted by Gasteiger charge is -2.20. The Morgan fingerprint density at radius 1 is 1.70 bits per heavy atom. The number of rotatable bonds is 2. The molecule has 2 amide bonds. The summed E-state index contributed by atoms with van der Waals surface area (Å²) in [5.74, 6) is -0.0710. The van der Waals surface area contributed by atoms with Gasteiger partial charge in [-0.1, -0.05) is 0 Å². The Hall–Kier alpha value is -1.06. The number of piperidine rings is 1. The van der Waals surface area contributed by atoms with Gasteiger partial charge in [0.15, 0.2) is 0 Å². The van der Waals surface area contributed by atoms with Crippen LogP contribution in [0.3, 0.4) is 0 Å². The molecule has 4 nitrogen and oxygen atoms in total. The van der Waals surface area contributed by atoms with Gasteiger partial charge in [-0.05, 0) is 12.8 Å². The van der Waals surface area contributed by atoms with E-state index in [0.29, 0.717) is 6.41 Å². The van der Waals surface area contributed by atoms with Crippen LogP contribution >= 0.6 is 0 Å². The van der Waals surface area contributed by atoms with E-state index in [1.165, 1.54) is 0 Å². The van der Waals surface area contributed by atoms with E-state index in [1.807, 2.05) is 0 Å². The summed E-state index contributed by atoms with van der Waals surface area (Å²) in [6.07, 6.45) is 2.26. The largest absolute Gasteiger partial charge is 0.354 e. The molecule has 1 heterocycles. The normalized spacial score (nSPS) is 25.2. The van der Waals surface area contributed by atoms with E-state index in [0.717, 1.165) is 19.4 Å². The first-order chi connectivity index (χ1) is 4.84. The Kier molecular flexibility index (Phi) is 2.25. The monoisotopic (exact) mass is 142 g/mol. The SMILES string of the molecule is O=CN[C@H]1CCCNC1=O. The average molecular weight is 142 g/mol. The molecule has 1 aliphatic rings. The van der Waals surface area contributed by atoms with Gasteiger partial charge >= 0.3 is 0 Å². The van der Waals surface area contributed by atoms with Crippen LogP contribution in [0.4, 0.5) is 0 Å². The molecule has 1 saturated heterocycles. The molecule has 56 valence electrons. The minimum atomic E-state index is -0.300. The topological polar surface area (TPSA) is 58.2 Å². The van der Waals surface area contributed by atoms with E-state index in [9.17, 15) is 9.59 Å². The summed E-state index contributed by atoms with van der Waals surface area (Å²) >= 11 is 0. The van der Waals surface area contributed by atoms with Crippen LogP contribution in [0.1, 0.15) is 12.8 Å². The molecule has 1 rings (SSSR count). The molecular formula is C6H10N2O2. The van der Waals surface area contributed by atoms with Gasteiger partial charge in [0.2, 0.25) is 12.3 Å². The Bertz CT molecular complexity index is 147. The quantitative estimate of drug-likeness (QED) is 0.486. The predicted molar refractivity (Wildman–Crippen MR) is 35.2 cm³/mol. The first-order valence-electron chi connectivity index (χ1n) is 3.32. The third-order valence-electron chi connectivity index (χ3n) is 1.55. The summed E-state index contributed by atoms with van der Waals surface area (Å²) < 4.78 is 0. The molecule has 0 aromatic heterocycles. The fourth-order valence-electron chi connectivity index (χ4n) is 1.01. The molecule has 4 heteroatoms.